The maximum atomic E-state index is 14.0. The van der Waals surface area contributed by atoms with Crippen LogP contribution in [0.25, 0.3) is 11.4 Å². The molecule has 1 heterocycles. The van der Waals surface area contributed by atoms with Gasteiger partial charge < -0.3 is 0 Å². The fraction of sp³-hybridized carbons (Fsp3) is 0.429. The third-order valence-electron chi connectivity index (χ3n) is 2.96. The molecule has 0 fully saturated rings. The standard InChI is InChI=1S/C14H17F2N3O3S/c1-3-4-13-17-14(11-6-5-10(15)9-12(11)16)19(18-13)7-8-22-23(2,20)21/h5-6,9H,3-4,7-8H2,1-2H3. The van der Waals surface area contributed by atoms with Gasteiger partial charge in [-0.1, -0.05) is 6.92 Å². The molecule has 0 spiro atoms. The van der Waals surface area contributed by atoms with Crippen LogP contribution in [0.4, 0.5) is 8.78 Å². The van der Waals surface area contributed by atoms with Crippen LogP contribution in [-0.4, -0.2) is 36.0 Å². The second-order valence-corrected chi connectivity index (χ2v) is 6.62. The summed E-state index contributed by atoms with van der Waals surface area (Å²) < 4.78 is 55.1. The van der Waals surface area contributed by atoms with Crippen LogP contribution in [-0.2, 0) is 27.3 Å². The number of aromatic nitrogens is 3. The van der Waals surface area contributed by atoms with Crippen LogP contribution in [0.2, 0.25) is 0 Å². The minimum Gasteiger partial charge on any atom is -0.268 e. The lowest BCUT2D eigenvalue weighted by Crippen LogP contribution is -2.13. The van der Waals surface area contributed by atoms with E-state index in [1.165, 1.54) is 10.7 Å². The lowest BCUT2D eigenvalue weighted by molar-refractivity contribution is 0.297. The molecule has 0 atom stereocenters. The van der Waals surface area contributed by atoms with Crippen LogP contribution in [0.3, 0.4) is 0 Å². The first kappa shape index (κ1) is 17.5. The summed E-state index contributed by atoms with van der Waals surface area (Å²) in [5, 5.41) is 4.23. The lowest BCUT2D eigenvalue weighted by Gasteiger charge is -2.07. The van der Waals surface area contributed by atoms with Crippen molar-refractivity contribution in [2.45, 2.75) is 26.3 Å². The van der Waals surface area contributed by atoms with Gasteiger partial charge in [0.25, 0.3) is 10.1 Å². The van der Waals surface area contributed by atoms with Gasteiger partial charge in [-0.25, -0.2) is 18.4 Å². The Bertz CT molecular complexity index is 791. The number of benzene rings is 1. The van der Waals surface area contributed by atoms with E-state index in [9.17, 15) is 17.2 Å². The van der Waals surface area contributed by atoms with Gasteiger partial charge in [0.2, 0.25) is 0 Å². The number of aryl methyl sites for hydroxylation is 1. The van der Waals surface area contributed by atoms with Crippen LogP contribution < -0.4 is 0 Å². The van der Waals surface area contributed by atoms with Crippen molar-refractivity contribution in [1.29, 1.82) is 0 Å². The Morgan fingerprint density at radius 1 is 1.30 bits per heavy atom. The van der Waals surface area contributed by atoms with Gasteiger partial charge in [0.05, 0.1) is 25.0 Å². The van der Waals surface area contributed by atoms with Crippen LogP contribution in [0, 0.1) is 11.6 Å². The molecule has 0 saturated carbocycles. The summed E-state index contributed by atoms with van der Waals surface area (Å²) in [4.78, 5) is 4.26. The number of hydrogen-bond acceptors (Lipinski definition) is 5. The van der Waals surface area contributed by atoms with Crippen molar-refractivity contribution in [2.24, 2.45) is 0 Å². The van der Waals surface area contributed by atoms with Crippen molar-refractivity contribution in [2.75, 3.05) is 12.9 Å². The maximum absolute atomic E-state index is 14.0. The molecule has 126 valence electrons. The van der Waals surface area contributed by atoms with Crippen molar-refractivity contribution in [3.8, 4) is 11.4 Å². The SMILES string of the molecule is CCCc1nc(-c2ccc(F)cc2F)n(CCOS(C)(=O)=O)n1. The fourth-order valence-corrected chi connectivity index (χ4v) is 2.40. The third-order valence-corrected chi connectivity index (χ3v) is 3.56. The predicted molar refractivity (Wildman–Crippen MR) is 80.2 cm³/mol. The molecule has 0 aliphatic carbocycles. The summed E-state index contributed by atoms with van der Waals surface area (Å²) >= 11 is 0. The Kier molecular flexibility index (Phi) is 5.42. The highest BCUT2D eigenvalue weighted by atomic mass is 32.2. The summed E-state index contributed by atoms with van der Waals surface area (Å²) in [7, 11) is -3.57. The molecular weight excluding hydrogens is 328 g/mol. The van der Waals surface area contributed by atoms with Gasteiger partial charge in [0.15, 0.2) is 11.6 Å². The first-order valence-corrected chi connectivity index (χ1v) is 8.85. The van der Waals surface area contributed by atoms with Crippen LogP contribution in [0.1, 0.15) is 19.2 Å². The smallest absolute Gasteiger partial charge is 0.264 e. The summed E-state index contributed by atoms with van der Waals surface area (Å²) in [6.45, 7) is 1.88. The molecule has 9 heteroatoms. The summed E-state index contributed by atoms with van der Waals surface area (Å²) in [6, 6.07) is 3.17. The second-order valence-electron chi connectivity index (χ2n) is 4.98. The molecule has 0 aliphatic rings. The van der Waals surface area contributed by atoms with Gasteiger partial charge in [0.1, 0.15) is 11.6 Å². The summed E-state index contributed by atoms with van der Waals surface area (Å²) in [5.74, 6) is -0.731. The summed E-state index contributed by atoms with van der Waals surface area (Å²) in [6.07, 6.45) is 2.34. The van der Waals surface area contributed by atoms with E-state index in [2.05, 4.69) is 14.3 Å². The minimum atomic E-state index is -3.57. The lowest BCUT2D eigenvalue weighted by atomic mass is 10.2. The number of rotatable bonds is 7. The van der Waals surface area contributed by atoms with E-state index in [0.717, 1.165) is 24.8 Å². The monoisotopic (exact) mass is 345 g/mol. The Hall–Kier alpha value is -1.87. The van der Waals surface area contributed by atoms with E-state index in [4.69, 9.17) is 0 Å². The molecule has 0 aliphatic heterocycles. The predicted octanol–water partition coefficient (Wildman–Crippen LogP) is 2.15. The van der Waals surface area contributed by atoms with Gasteiger partial charge in [-0.3, -0.25) is 4.18 Å². The highest BCUT2D eigenvalue weighted by Crippen LogP contribution is 2.22. The topological polar surface area (TPSA) is 74.1 Å². The summed E-state index contributed by atoms with van der Waals surface area (Å²) in [5.41, 5.74) is 0.0978. The second kappa shape index (κ2) is 7.14. The molecule has 2 rings (SSSR count). The molecule has 6 nitrogen and oxygen atoms in total. The van der Waals surface area contributed by atoms with E-state index in [1.54, 1.807) is 0 Å². The van der Waals surface area contributed by atoms with Gasteiger partial charge in [-0.15, -0.1) is 0 Å². The van der Waals surface area contributed by atoms with Crippen LogP contribution >= 0.6 is 0 Å². The number of nitrogens with zero attached hydrogens (tertiary/aromatic N) is 3. The quantitative estimate of drug-likeness (QED) is 0.719. The van der Waals surface area contributed by atoms with E-state index in [1.807, 2.05) is 6.92 Å². The van der Waals surface area contributed by atoms with Crippen molar-refractivity contribution in [3.63, 3.8) is 0 Å². The van der Waals surface area contributed by atoms with Crippen molar-refractivity contribution >= 4 is 10.1 Å². The molecule has 0 bridgehead atoms. The number of hydrogen-bond donors (Lipinski definition) is 0. The highest BCUT2D eigenvalue weighted by Gasteiger charge is 2.16. The zero-order valence-corrected chi connectivity index (χ0v) is 13.6. The Balaban J connectivity index is 2.32. The average Bonchev–Trinajstić information content (AvgIpc) is 2.80. The molecule has 0 radical (unpaired) electrons. The molecule has 0 amide bonds. The van der Waals surface area contributed by atoms with Crippen LogP contribution in [0.15, 0.2) is 18.2 Å². The maximum Gasteiger partial charge on any atom is 0.264 e. The molecule has 1 aromatic carbocycles. The first-order chi connectivity index (χ1) is 10.8. The first-order valence-electron chi connectivity index (χ1n) is 7.03. The molecule has 0 unspecified atom stereocenters. The molecule has 2 aromatic rings. The highest BCUT2D eigenvalue weighted by molar-refractivity contribution is 7.85. The van der Waals surface area contributed by atoms with Gasteiger partial charge in [0, 0.05) is 12.5 Å². The van der Waals surface area contributed by atoms with E-state index in [0.29, 0.717) is 12.2 Å². The molecule has 23 heavy (non-hydrogen) atoms. The normalized spacial score (nSPS) is 11.8. The molecule has 0 saturated heterocycles. The Morgan fingerprint density at radius 3 is 2.65 bits per heavy atom. The van der Waals surface area contributed by atoms with Gasteiger partial charge in [-0.05, 0) is 18.6 Å². The van der Waals surface area contributed by atoms with E-state index >= 15 is 0 Å². The minimum absolute atomic E-state index is 0.0793. The van der Waals surface area contributed by atoms with Crippen molar-refractivity contribution in [1.82, 2.24) is 14.8 Å². The van der Waals surface area contributed by atoms with Crippen LogP contribution in [0.5, 0.6) is 0 Å². The van der Waals surface area contributed by atoms with E-state index in [-0.39, 0.29) is 24.5 Å². The largest absolute Gasteiger partial charge is 0.268 e. The Morgan fingerprint density at radius 2 is 2.04 bits per heavy atom. The Labute approximate surface area is 133 Å². The zero-order valence-electron chi connectivity index (χ0n) is 12.8. The fourth-order valence-electron chi connectivity index (χ4n) is 2.02. The molecule has 0 N–H and O–H groups in total. The molecular formula is C14H17F2N3O3S. The van der Waals surface area contributed by atoms with E-state index < -0.39 is 21.8 Å². The van der Waals surface area contributed by atoms with Gasteiger partial charge in [-0.2, -0.15) is 13.5 Å². The third kappa shape index (κ3) is 4.80. The zero-order chi connectivity index (χ0) is 17.0. The van der Waals surface area contributed by atoms with Crippen molar-refractivity contribution in [3.05, 3.63) is 35.7 Å². The molecule has 1 aromatic heterocycles. The van der Waals surface area contributed by atoms with Crippen molar-refractivity contribution < 1.29 is 21.4 Å². The van der Waals surface area contributed by atoms with Gasteiger partial charge >= 0.3 is 0 Å². The number of halogens is 2. The average molecular weight is 345 g/mol.